The van der Waals surface area contributed by atoms with Crippen molar-refractivity contribution in [2.75, 3.05) is 13.1 Å². The summed E-state index contributed by atoms with van der Waals surface area (Å²) >= 11 is 0. The van der Waals surface area contributed by atoms with Crippen molar-refractivity contribution in [3.8, 4) is 0 Å². The molecule has 1 aliphatic rings. The lowest BCUT2D eigenvalue weighted by molar-refractivity contribution is 0.0771. The molecule has 0 radical (unpaired) electrons. The Bertz CT molecular complexity index is 583. The predicted octanol–water partition coefficient (Wildman–Crippen LogP) is 2.83. The van der Waals surface area contributed by atoms with Gasteiger partial charge in [0.1, 0.15) is 5.58 Å². The summed E-state index contributed by atoms with van der Waals surface area (Å²) < 4.78 is 5.31. The van der Waals surface area contributed by atoms with Crippen LogP contribution in [0.5, 0.6) is 0 Å². The second-order valence-electron chi connectivity index (χ2n) is 4.18. The van der Waals surface area contributed by atoms with Crippen molar-refractivity contribution in [1.82, 2.24) is 4.90 Å². The number of amides is 1. The highest BCUT2D eigenvalue weighted by Gasteiger charge is 2.16. The second kappa shape index (κ2) is 4.09. The zero-order chi connectivity index (χ0) is 11.7. The summed E-state index contributed by atoms with van der Waals surface area (Å²) in [4.78, 5) is 14.1. The van der Waals surface area contributed by atoms with Crippen LogP contribution in [0, 0.1) is 0 Å². The maximum atomic E-state index is 12.2. The monoisotopic (exact) mass is 227 g/mol. The summed E-state index contributed by atoms with van der Waals surface area (Å²) in [5.74, 6) is 0.0765. The third kappa shape index (κ3) is 1.84. The van der Waals surface area contributed by atoms with Gasteiger partial charge in [0.05, 0.1) is 6.26 Å². The van der Waals surface area contributed by atoms with Gasteiger partial charge in [-0.25, -0.2) is 0 Å². The highest BCUT2D eigenvalue weighted by Crippen LogP contribution is 2.18. The molecule has 1 amide bonds. The van der Waals surface area contributed by atoms with Crippen LogP contribution in [-0.4, -0.2) is 23.9 Å². The molecule has 0 fully saturated rings. The molecule has 1 aliphatic heterocycles. The van der Waals surface area contributed by atoms with Crippen molar-refractivity contribution in [2.45, 2.75) is 6.42 Å². The van der Waals surface area contributed by atoms with Crippen LogP contribution in [0.15, 0.2) is 47.1 Å². The third-order valence-electron chi connectivity index (χ3n) is 3.05. The maximum absolute atomic E-state index is 12.2. The van der Waals surface area contributed by atoms with E-state index in [4.69, 9.17) is 4.42 Å². The molecule has 0 spiro atoms. The van der Waals surface area contributed by atoms with E-state index in [1.165, 1.54) is 0 Å². The standard InChI is InChI=1S/C14H13NO2/c16-14(15-7-2-1-3-8-15)12-5-4-11-6-9-17-13(11)10-12/h1-2,4-6,9-10H,3,7-8H2. The zero-order valence-electron chi connectivity index (χ0n) is 9.43. The van der Waals surface area contributed by atoms with Gasteiger partial charge in [-0.05, 0) is 24.6 Å². The van der Waals surface area contributed by atoms with E-state index in [0.29, 0.717) is 12.1 Å². The van der Waals surface area contributed by atoms with Crippen LogP contribution in [0.3, 0.4) is 0 Å². The highest BCUT2D eigenvalue weighted by molar-refractivity contribution is 5.97. The maximum Gasteiger partial charge on any atom is 0.254 e. The summed E-state index contributed by atoms with van der Waals surface area (Å²) in [6.45, 7) is 1.50. The van der Waals surface area contributed by atoms with Gasteiger partial charge in [-0.15, -0.1) is 0 Å². The number of hydrogen-bond acceptors (Lipinski definition) is 2. The average molecular weight is 227 g/mol. The number of fused-ring (bicyclic) bond motifs is 1. The molecule has 0 bridgehead atoms. The molecule has 0 atom stereocenters. The molecule has 86 valence electrons. The first-order valence-electron chi connectivity index (χ1n) is 5.76. The van der Waals surface area contributed by atoms with Crippen molar-refractivity contribution < 1.29 is 9.21 Å². The summed E-state index contributed by atoms with van der Waals surface area (Å²) in [6, 6.07) is 7.49. The smallest absolute Gasteiger partial charge is 0.254 e. The Morgan fingerprint density at radius 1 is 1.24 bits per heavy atom. The molecule has 0 aliphatic carbocycles. The molecule has 1 aromatic carbocycles. The molecule has 0 saturated heterocycles. The lowest BCUT2D eigenvalue weighted by atomic mass is 10.1. The lowest BCUT2D eigenvalue weighted by Crippen LogP contribution is -2.33. The Labute approximate surface area is 99.3 Å². The normalized spacial score (nSPS) is 15.4. The minimum Gasteiger partial charge on any atom is -0.464 e. The van der Waals surface area contributed by atoms with E-state index < -0.39 is 0 Å². The summed E-state index contributed by atoms with van der Waals surface area (Å²) in [5.41, 5.74) is 1.46. The Morgan fingerprint density at radius 3 is 3.00 bits per heavy atom. The van der Waals surface area contributed by atoms with Crippen LogP contribution in [0.1, 0.15) is 16.8 Å². The van der Waals surface area contributed by atoms with Gasteiger partial charge >= 0.3 is 0 Å². The van der Waals surface area contributed by atoms with Crippen LogP contribution in [0.4, 0.5) is 0 Å². The largest absolute Gasteiger partial charge is 0.464 e. The first-order valence-corrected chi connectivity index (χ1v) is 5.76. The minimum absolute atomic E-state index is 0.0765. The topological polar surface area (TPSA) is 33.5 Å². The van der Waals surface area contributed by atoms with Gasteiger partial charge < -0.3 is 9.32 Å². The third-order valence-corrected chi connectivity index (χ3v) is 3.05. The number of hydrogen-bond donors (Lipinski definition) is 0. The minimum atomic E-state index is 0.0765. The molecule has 3 nitrogen and oxygen atoms in total. The number of carbonyl (C=O) groups is 1. The molecule has 0 unspecified atom stereocenters. The lowest BCUT2D eigenvalue weighted by Gasteiger charge is -2.23. The van der Waals surface area contributed by atoms with Crippen LogP contribution in [0.2, 0.25) is 0 Å². The molecule has 2 aromatic rings. The van der Waals surface area contributed by atoms with Crippen LogP contribution in [-0.2, 0) is 0 Å². The quantitative estimate of drug-likeness (QED) is 0.702. The van der Waals surface area contributed by atoms with E-state index in [1.54, 1.807) is 6.26 Å². The van der Waals surface area contributed by atoms with Gasteiger partial charge in [0.2, 0.25) is 0 Å². The molecule has 3 rings (SSSR count). The zero-order valence-corrected chi connectivity index (χ0v) is 9.43. The summed E-state index contributed by atoms with van der Waals surface area (Å²) in [5, 5.41) is 1.03. The van der Waals surface area contributed by atoms with Crippen molar-refractivity contribution in [3.05, 3.63) is 48.2 Å². The molecular formula is C14H13NO2. The van der Waals surface area contributed by atoms with E-state index in [1.807, 2.05) is 35.2 Å². The van der Waals surface area contributed by atoms with E-state index in [-0.39, 0.29) is 5.91 Å². The molecule has 2 heterocycles. The molecule has 0 saturated carbocycles. The first-order chi connectivity index (χ1) is 8.34. The van der Waals surface area contributed by atoms with E-state index in [2.05, 4.69) is 6.08 Å². The van der Waals surface area contributed by atoms with Gasteiger partial charge in [-0.3, -0.25) is 4.79 Å². The van der Waals surface area contributed by atoms with Crippen molar-refractivity contribution >= 4 is 16.9 Å². The molecule has 1 aromatic heterocycles. The fraction of sp³-hybridized carbons (Fsp3) is 0.214. The van der Waals surface area contributed by atoms with Gasteiger partial charge in [-0.1, -0.05) is 18.2 Å². The van der Waals surface area contributed by atoms with Gasteiger partial charge in [0.15, 0.2) is 0 Å². The summed E-state index contributed by atoms with van der Waals surface area (Å²) in [7, 11) is 0. The van der Waals surface area contributed by atoms with Crippen molar-refractivity contribution in [1.29, 1.82) is 0 Å². The number of rotatable bonds is 1. The Balaban J connectivity index is 1.91. The fourth-order valence-corrected chi connectivity index (χ4v) is 2.10. The summed E-state index contributed by atoms with van der Waals surface area (Å²) in [6.07, 6.45) is 6.73. The fourth-order valence-electron chi connectivity index (χ4n) is 2.10. The Morgan fingerprint density at radius 2 is 2.18 bits per heavy atom. The van der Waals surface area contributed by atoms with Gasteiger partial charge in [0, 0.05) is 24.0 Å². The van der Waals surface area contributed by atoms with Crippen molar-refractivity contribution in [2.24, 2.45) is 0 Å². The van der Waals surface area contributed by atoms with Crippen LogP contribution < -0.4 is 0 Å². The second-order valence-corrected chi connectivity index (χ2v) is 4.18. The van der Waals surface area contributed by atoms with Gasteiger partial charge in [-0.2, -0.15) is 0 Å². The Kier molecular flexibility index (Phi) is 2.44. The Hall–Kier alpha value is -2.03. The van der Waals surface area contributed by atoms with E-state index in [0.717, 1.165) is 23.9 Å². The average Bonchev–Trinajstić information content (AvgIpc) is 2.86. The highest BCUT2D eigenvalue weighted by atomic mass is 16.3. The van der Waals surface area contributed by atoms with Gasteiger partial charge in [0.25, 0.3) is 5.91 Å². The number of furan rings is 1. The van der Waals surface area contributed by atoms with Crippen LogP contribution in [0.25, 0.3) is 11.0 Å². The number of benzene rings is 1. The number of carbonyl (C=O) groups excluding carboxylic acids is 1. The SMILES string of the molecule is O=C(c1ccc2ccoc2c1)N1CC=CCC1. The predicted molar refractivity (Wildman–Crippen MR) is 65.9 cm³/mol. The molecular weight excluding hydrogens is 214 g/mol. The first kappa shape index (κ1) is 10.1. The van der Waals surface area contributed by atoms with Crippen molar-refractivity contribution in [3.63, 3.8) is 0 Å². The van der Waals surface area contributed by atoms with Crippen LogP contribution >= 0.6 is 0 Å². The molecule has 3 heteroatoms. The molecule has 17 heavy (non-hydrogen) atoms. The van der Waals surface area contributed by atoms with E-state index in [9.17, 15) is 4.79 Å². The van der Waals surface area contributed by atoms with E-state index >= 15 is 0 Å². The molecule has 0 N–H and O–H groups in total. The number of nitrogens with zero attached hydrogens (tertiary/aromatic N) is 1.